The smallest absolute Gasteiger partial charge is 0.315 e. The highest BCUT2D eigenvalue weighted by Crippen LogP contribution is 2.21. The zero-order valence-corrected chi connectivity index (χ0v) is 13.7. The van der Waals surface area contributed by atoms with Gasteiger partial charge in [-0.05, 0) is 30.4 Å². The van der Waals surface area contributed by atoms with E-state index < -0.39 is 0 Å². The van der Waals surface area contributed by atoms with E-state index in [1.807, 2.05) is 18.7 Å². The standard InChI is InChI=1S/C16H25FN4O2/c1-16(2,6-9-22)11-19-15(23)20-12-5-8-21(10-12)14-13(17)4-3-7-18-14/h3-4,7,12,22H,5-6,8-11H2,1-2H3,(H2,19,20,23). The quantitative estimate of drug-likeness (QED) is 0.741. The highest BCUT2D eigenvalue weighted by molar-refractivity contribution is 5.74. The molecule has 2 rings (SSSR count). The molecule has 0 aromatic carbocycles. The molecule has 0 aliphatic carbocycles. The summed E-state index contributed by atoms with van der Waals surface area (Å²) in [5.74, 6) is -0.00959. The third-order valence-corrected chi connectivity index (χ3v) is 4.08. The minimum Gasteiger partial charge on any atom is -0.396 e. The molecule has 1 aliphatic rings. The number of nitrogens with one attached hydrogen (secondary N) is 2. The molecule has 7 heteroatoms. The first-order valence-corrected chi connectivity index (χ1v) is 7.92. The van der Waals surface area contributed by atoms with Crippen LogP contribution < -0.4 is 15.5 Å². The Balaban J connectivity index is 1.79. The second-order valence-electron chi connectivity index (χ2n) is 6.71. The van der Waals surface area contributed by atoms with Gasteiger partial charge < -0.3 is 20.6 Å². The number of amides is 2. The van der Waals surface area contributed by atoms with E-state index in [4.69, 9.17) is 5.11 Å². The van der Waals surface area contributed by atoms with Crippen molar-refractivity contribution in [1.82, 2.24) is 15.6 Å². The molecule has 1 fully saturated rings. The lowest BCUT2D eigenvalue weighted by molar-refractivity contribution is 0.200. The van der Waals surface area contributed by atoms with E-state index in [2.05, 4.69) is 15.6 Å². The van der Waals surface area contributed by atoms with Crippen LogP contribution in [0, 0.1) is 11.2 Å². The second kappa shape index (κ2) is 7.59. The predicted octanol–water partition coefficient (Wildman–Crippen LogP) is 1.51. The van der Waals surface area contributed by atoms with Crippen LogP contribution in [-0.2, 0) is 0 Å². The maximum absolute atomic E-state index is 13.7. The lowest BCUT2D eigenvalue weighted by Crippen LogP contribution is -2.46. The summed E-state index contributed by atoms with van der Waals surface area (Å²) in [6, 6.07) is 2.69. The summed E-state index contributed by atoms with van der Waals surface area (Å²) in [5, 5.41) is 14.7. The number of carbonyl (C=O) groups excluding carboxylic acids is 1. The van der Waals surface area contributed by atoms with Crippen LogP contribution in [-0.4, -0.2) is 48.4 Å². The van der Waals surface area contributed by atoms with E-state index in [-0.39, 0.29) is 29.9 Å². The van der Waals surface area contributed by atoms with Crippen LogP contribution in [0.2, 0.25) is 0 Å². The fraction of sp³-hybridized carbons (Fsp3) is 0.625. The van der Waals surface area contributed by atoms with E-state index >= 15 is 0 Å². The Bertz CT molecular complexity index is 539. The number of nitrogens with zero attached hydrogens (tertiary/aromatic N) is 2. The molecule has 1 saturated heterocycles. The monoisotopic (exact) mass is 324 g/mol. The van der Waals surface area contributed by atoms with Crippen molar-refractivity contribution in [3.8, 4) is 0 Å². The van der Waals surface area contributed by atoms with Gasteiger partial charge in [-0.1, -0.05) is 13.8 Å². The Hall–Kier alpha value is -1.89. The number of pyridine rings is 1. The summed E-state index contributed by atoms with van der Waals surface area (Å²) in [7, 11) is 0. The lowest BCUT2D eigenvalue weighted by Gasteiger charge is -2.24. The number of hydrogen-bond acceptors (Lipinski definition) is 4. The minimum atomic E-state index is -0.344. The van der Waals surface area contributed by atoms with E-state index in [1.54, 1.807) is 12.3 Å². The average molecular weight is 324 g/mol. The van der Waals surface area contributed by atoms with Gasteiger partial charge in [0.05, 0.1) is 0 Å². The molecular weight excluding hydrogens is 299 g/mol. The number of hydrogen-bond donors (Lipinski definition) is 3. The number of aliphatic hydroxyl groups excluding tert-OH is 1. The molecule has 1 aromatic rings. The van der Waals surface area contributed by atoms with Gasteiger partial charge in [-0.15, -0.1) is 0 Å². The van der Waals surface area contributed by atoms with Crippen molar-refractivity contribution in [3.05, 3.63) is 24.1 Å². The Morgan fingerprint density at radius 3 is 3.04 bits per heavy atom. The average Bonchev–Trinajstić information content (AvgIpc) is 2.94. The Kier molecular flexibility index (Phi) is 5.76. The normalized spacial score (nSPS) is 18.1. The van der Waals surface area contributed by atoms with Gasteiger partial charge in [-0.2, -0.15) is 0 Å². The van der Waals surface area contributed by atoms with Crippen molar-refractivity contribution in [1.29, 1.82) is 0 Å². The Morgan fingerprint density at radius 2 is 2.35 bits per heavy atom. The van der Waals surface area contributed by atoms with E-state index in [0.717, 1.165) is 6.42 Å². The summed E-state index contributed by atoms with van der Waals surface area (Å²) in [5.41, 5.74) is -0.148. The van der Waals surface area contributed by atoms with Gasteiger partial charge in [0, 0.05) is 38.5 Å². The molecule has 0 saturated carbocycles. The number of urea groups is 1. The predicted molar refractivity (Wildman–Crippen MR) is 86.8 cm³/mol. The molecule has 1 atom stereocenters. The van der Waals surface area contributed by atoms with Crippen molar-refractivity contribution in [2.75, 3.05) is 31.1 Å². The topological polar surface area (TPSA) is 77.5 Å². The van der Waals surface area contributed by atoms with E-state index in [0.29, 0.717) is 31.9 Å². The number of halogens is 1. The van der Waals surface area contributed by atoms with Crippen LogP contribution in [0.4, 0.5) is 15.0 Å². The van der Waals surface area contributed by atoms with Gasteiger partial charge in [0.2, 0.25) is 0 Å². The van der Waals surface area contributed by atoms with Crippen LogP contribution >= 0.6 is 0 Å². The number of carbonyl (C=O) groups is 1. The molecule has 2 amide bonds. The van der Waals surface area contributed by atoms with Gasteiger partial charge in [-0.25, -0.2) is 14.2 Å². The van der Waals surface area contributed by atoms with Crippen LogP contribution in [0.5, 0.6) is 0 Å². The van der Waals surface area contributed by atoms with Crippen molar-refractivity contribution < 1.29 is 14.3 Å². The van der Waals surface area contributed by atoms with E-state index in [1.165, 1.54) is 6.07 Å². The molecule has 23 heavy (non-hydrogen) atoms. The molecule has 3 N–H and O–H groups in total. The fourth-order valence-electron chi connectivity index (χ4n) is 2.63. The van der Waals surface area contributed by atoms with Gasteiger partial charge in [-0.3, -0.25) is 0 Å². The first-order chi connectivity index (χ1) is 10.9. The highest BCUT2D eigenvalue weighted by atomic mass is 19.1. The Labute approximate surface area is 136 Å². The maximum Gasteiger partial charge on any atom is 0.315 e. The minimum absolute atomic E-state index is 0.0302. The number of aromatic nitrogens is 1. The van der Waals surface area contributed by atoms with Crippen LogP contribution in [0.3, 0.4) is 0 Å². The first-order valence-electron chi connectivity index (χ1n) is 7.92. The summed E-state index contributed by atoms with van der Waals surface area (Å²) in [6.07, 6.45) is 2.95. The number of rotatable bonds is 6. The summed E-state index contributed by atoms with van der Waals surface area (Å²) < 4.78 is 13.7. The van der Waals surface area contributed by atoms with Gasteiger partial charge in [0.1, 0.15) is 0 Å². The summed E-state index contributed by atoms with van der Waals surface area (Å²) >= 11 is 0. The lowest BCUT2D eigenvalue weighted by atomic mass is 9.90. The van der Waals surface area contributed by atoms with Crippen molar-refractivity contribution in [3.63, 3.8) is 0 Å². The number of anilines is 1. The number of aliphatic hydroxyl groups is 1. The maximum atomic E-state index is 13.7. The molecule has 1 unspecified atom stereocenters. The molecular formula is C16H25FN4O2. The van der Waals surface area contributed by atoms with Crippen LogP contribution in [0.25, 0.3) is 0 Å². The van der Waals surface area contributed by atoms with Crippen molar-refractivity contribution >= 4 is 11.8 Å². The second-order valence-corrected chi connectivity index (χ2v) is 6.71. The van der Waals surface area contributed by atoms with Crippen LogP contribution in [0.1, 0.15) is 26.7 Å². The molecule has 6 nitrogen and oxygen atoms in total. The molecule has 0 spiro atoms. The SMILES string of the molecule is CC(C)(CCO)CNC(=O)NC1CCN(c2ncccc2F)C1. The molecule has 0 bridgehead atoms. The Morgan fingerprint density at radius 1 is 1.57 bits per heavy atom. The van der Waals surface area contributed by atoms with Crippen LogP contribution in [0.15, 0.2) is 18.3 Å². The molecule has 128 valence electrons. The summed E-state index contributed by atoms with van der Waals surface area (Å²) in [6.45, 7) is 5.78. The van der Waals surface area contributed by atoms with Gasteiger partial charge in [0.25, 0.3) is 0 Å². The van der Waals surface area contributed by atoms with Crippen molar-refractivity contribution in [2.24, 2.45) is 5.41 Å². The van der Waals surface area contributed by atoms with Crippen molar-refractivity contribution in [2.45, 2.75) is 32.7 Å². The zero-order chi connectivity index (χ0) is 16.9. The van der Waals surface area contributed by atoms with Gasteiger partial charge in [0.15, 0.2) is 11.6 Å². The van der Waals surface area contributed by atoms with E-state index in [9.17, 15) is 9.18 Å². The fourth-order valence-corrected chi connectivity index (χ4v) is 2.63. The van der Waals surface area contributed by atoms with Gasteiger partial charge >= 0.3 is 6.03 Å². The third kappa shape index (κ3) is 5.06. The zero-order valence-electron chi connectivity index (χ0n) is 13.7. The summed E-state index contributed by atoms with van der Waals surface area (Å²) in [4.78, 5) is 17.9. The largest absolute Gasteiger partial charge is 0.396 e. The molecule has 0 radical (unpaired) electrons. The molecule has 2 heterocycles. The molecule has 1 aromatic heterocycles. The molecule has 1 aliphatic heterocycles. The first kappa shape index (κ1) is 17.5. The highest BCUT2D eigenvalue weighted by Gasteiger charge is 2.27. The third-order valence-electron chi connectivity index (χ3n) is 4.08.